The quantitative estimate of drug-likeness (QED) is 0.874. The van der Waals surface area contributed by atoms with Crippen LogP contribution in [0.4, 0.5) is 5.00 Å². The molecule has 1 amide bonds. The van der Waals surface area contributed by atoms with Gasteiger partial charge in [-0.25, -0.2) is 4.79 Å². The minimum atomic E-state index is -1.03. The Morgan fingerprint density at radius 1 is 1.24 bits per heavy atom. The highest BCUT2D eigenvalue weighted by molar-refractivity contribution is 7.15. The molecule has 110 valence electrons. The summed E-state index contributed by atoms with van der Waals surface area (Å²) < 4.78 is 0. The van der Waals surface area contributed by atoms with Crippen LogP contribution in [0.5, 0.6) is 0 Å². The molecule has 0 aliphatic carbocycles. The molecule has 0 fully saturated rings. The number of anilines is 1. The number of hydrogen-bond donors (Lipinski definition) is 2. The summed E-state index contributed by atoms with van der Waals surface area (Å²) in [7, 11) is 0. The lowest BCUT2D eigenvalue weighted by atomic mass is 10.0. The highest BCUT2D eigenvalue weighted by Gasteiger charge is 2.21. The molecule has 4 nitrogen and oxygen atoms in total. The molecule has 0 saturated carbocycles. The van der Waals surface area contributed by atoms with Gasteiger partial charge in [-0.3, -0.25) is 4.79 Å². The number of thiophene rings is 1. The minimum Gasteiger partial charge on any atom is -0.478 e. The Morgan fingerprint density at radius 3 is 2.48 bits per heavy atom. The maximum Gasteiger partial charge on any atom is 0.339 e. The molecule has 0 saturated heterocycles. The Bertz CT molecular complexity index is 647. The van der Waals surface area contributed by atoms with Gasteiger partial charge >= 0.3 is 5.97 Å². The summed E-state index contributed by atoms with van der Waals surface area (Å²) in [6.45, 7) is 3.89. The number of amides is 1. The number of carbonyl (C=O) groups is 2. The Kier molecular flexibility index (Phi) is 4.75. The number of aromatic carboxylic acids is 1. The molecule has 0 aliphatic rings. The third kappa shape index (κ3) is 3.70. The molecular weight excluding hydrogens is 286 g/mol. The predicted molar refractivity (Wildman–Crippen MR) is 84.8 cm³/mol. The van der Waals surface area contributed by atoms with Crippen molar-refractivity contribution in [2.45, 2.75) is 20.3 Å². The molecule has 0 spiro atoms. The first-order valence-corrected chi connectivity index (χ1v) is 7.57. The number of carbonyl (C=O) groups excluding carboxylic acids is 1. The van der Waals surface area contributed by atoms with Crippen molar-refractivity contribution in [3.8, 4) is 11.1 Å². The third-order valence-electron chi connectivity index (χ3n) is 2.94. The van der Waals surface area contributed by atoms with Crippen molar-refractivity contribution in [3.05, 3.63) is 41.3 Å². The largest absolute Gasteiger partial charge is 0.478 e. The first kappa shape index (κ1) is 15.3. The van der Waals surface area contributed by atoms with Crippen LogP contribution in [0.15, 0.2) is 35.7 Å². The maximum absolute atomic E-state index is 11.8. The molecule has 1 aromatic carbocycles. The van der Waals surface area contributed by atoms with Gasteiger partial charge in [0.1, 0.15) is 10.6 Å². The van der Waals surface area contributed by atoms with Crippen molar-refractivity contribution in [2.75, 3.05) is 5.32 Å². The van der Waals surface area contributed by atoms with Crippen molar-refractivity contribution in [2.24, 2.45) is 5.92 Å². The lowest BCUT2D eigenvalue weighted by molar-refractivity contribution is -0.116. The van der Waals surface area contributed by atoms with E-state index in [2.05, 4.69) is 5.32 Å². The van der Waals surface area contributed by atoms with E-state index < -0.39 is 5.97 Å². The fraction of sp³-hybridized carbons (Fsp3) is 0.250. The first-order chi connectivity index (χ1) is 9.99. The highest BCUT2D eigenvalue weighted by Crippen LogP contribution is 2.35. The zero-order valence-corrected chi connectivity index (χ0v) is 12.7. The van der Waals surface area contributed by atoms with E-state index in [0.717, 1.165) is 5.56 Å². The average molecular weight is 303 g/mol. The van der Waals surface area contributed by atoms with E-state index in [1.807, 2.05) is 44.2 Å². The summed E-state index contributed by atoms with van der Waals surface area (Å²) in [4.78, 5) is 23.4. The summed E-state index contributed by atoms with van der Waals surface area (Å²) in [6, 6.07) is 9.30. The number of nitrogens with one attached hydrogen (secondary N) is 1. The molecule has 0 bridgehead atoms. The van der Waals surface area contributed by atoms with Gasteiger partial charge in [0, 0.05) is 17.4 Å². The summed E-state index contributed by atoms with van der Waals surface area (Å²) >= 11 is 1.24. The van der Waals surface area contributed by atoms with Crippen LogP contribution in [-0.2, 0) is 4.79 Å². The van der Waals surface area contributed by atoms with E-state index in [9.17, 15) is 14.7 Å². The maximum atomic E-state index is 11.8. The van der Waals surface area contributed by atoms with Gasteiger partial charge in [-0.15, -0.1) is 11.3 Å². The number of carboxylic acids is 1. The van der Waals surface area contributed by atoms with Crippen LogP contribution < -0.4 is 5.32 Å². The Hall–Kier alpha value is -2.14. The van der Waals surface area contributed by atoms with Crippen LogP contribution in [0.3, 0.4) is 0 Å². The normalized spacial score (nSPS) is 10.6. The van der Waals surface area contributed by atoms with E-state index in [-0.39, 0.29) is 17.4 Å². The minimum absolute atomic E-state index is 0.156. The first-order valence-electron chi connectivity index (χ1n) is 6.69. The molecule has 0 unspecified atom stereocenters. The SMILES string of the molecule is CC(C)CC(=O)Nc1scc(-c2ccccc2)c1C(=O)O. The zero-order valence-electron chi connectivity index (χ0n) is 11.9. The Labute approximate surface area is 127 Å². The lowest BCUT2D eigenvalue weighted by Gasteiger charge is -2.07. The molecule has 21 heavy (non-hydrogen) atoms. The molecule has 0 atom stereocenters. The smallest absolute Gasteiger partial charge is 0.339 e. The van der Waals surface area contributed by atoms with E-state index in [1.165, 1.54) is 11.3 Å². The summed E-state index contributed by atoms with van der Waals surface area (Å²) in [5.74, 6) is -0.962. The predicted octanol–water partition coefficient (Wildman–Crippen LogP) is 4.10. The Morgan fingerprint density at radius 2 is 1.90 bits per heavy atom. The van der Waals surface area contributed by atoms with Crippen molar-refractivity contribution >= 4 is 28.2 Å². The van der Waals surface area contributed by atoms with Crippen molar-refractivity contribution in [1.82, 2.24) is 0 Å². The molecule has 5 heteroatoms. The van der Waals surface area contributed by atoms with E-state index in [4.69, 9.17) is 0 Å². The van der Waals surface area contributed by atoms with Gasteiger partial charge in [0.2, 0.25) is 5.91 Å². The molecule has 1 aromatic heterocycles. The summed E-state index contributed by atoms with van der Waals surface area (Å²) in [5.41, 5.74) is 1.62. The molecule has 2 rings (SSSR count). The standard InChI is InChI=1S/C16H17NO3S/c1-10(2)8-13(18)17-15-14(16(19)20)12(9-21-15)11-6-4-3-5-7-11/h3-7,9-10H,8H2,1-2H3,(H,17,18)(H,19,20). The van der Waals surface area contributed by atoms with Crippen LogP contribution >= 0.6 is 11.3 Å². The van der Waals surface area contributed by atoms with Crippen molar-refractivity contribution in [3.63, 3.8) is 0 Å². The van der Waals surface area contributed by atoms with Crippen LogP contribution in [0.25, 0.3) is 11.1 Å². The average Bonchev–Trinajstić information content (AvgIpc) is 2.82. The molecular formula is C16H17NO3S. The van der Waals surface area contributed by atoms with Crippen molar-refractivity contribution < 1.29 is 14.7 Å². The van der Waals surface area contributed by atoms with E-state index in [1.54, 1.807) is 5.38 Å². The molecule has 0 radical (unpaired) electrons. The van der Waals surface area contributed by atoms with Crippen LogP contribution in [-0.4, -0.2) is 17.0 Å². The third-order valence-corrected chi connectivity index (χ3v) is 3.83. The van der Waals surface area contributed by atoms with Gasteiger partial charge in [-0.05, 0) is 11.5 Å². The Balaban J connectivity index is 2.34. The fourth-order valence-electron chi connectivity index (χ4n) is 2.04. The fourth-order valence-corrected chi connectivity index (χ4v) is 3.02. The second-order valence-corrected chi connectivity index (χ2v) is 6.05. The number of benzene rings is 1. The van der Waals surface area contributed by atoms with Crippen LogP contribution in [0.2, 0.25) is 0 Å². The van der Waals surface area contributed by atoms with E-state index >= 15 is 0 Å². The van der Waals surface area contributed by atoms with Crippen molar-refractivity contribution in [1.29, 1.82) is 0 Å². The molecule has 2 N–H and O–H groups in total. The second-order valence-electron chi connectivity index (χ2n) is 5.17. The van der Waals surface area contributed by atoms with Crippen LogP contribution in [0, 0.1) is 5.92 Å². The van der Waals surface area contributed by atoms with Gasteiger partial charge in [0.15, 0.2) is 0 Å². The summed E-state index contributed by atoms with van der Waals surface area (Å²) in [5, 5.41) is 14.3. The monoisotopic (exact) mass is 303 g/mol. The summed E-state index contributed by atoms with van der Waals surface area (Å²) in [6.07, 6.45) is 0.373. The van der Waals surface area contributed by atoms with Gasteiger partial charge < -0.3 is 10.4 Å². The highest BCUT2D eigenvalue weighted by atomic mass is 32.1. The number of rotatable bonds is 5. The topological polar surface area (TPSA) is 66.4 Å². The lowest BCUT2D eigenvalue weighted by Crippen LogP contribution is -2.15. The molecule has 2 aromatic rings. The van der Waals surface area contributed by atoms with Gasteiger partial charge in [0.05, 0.1) is 0 Å². The van der Waals surface area contributed by atoms with Gasteiger partial charge in [-0.2, -0.15) is 0 Å². The van der Waals surface area contributed by atoms with Crippen LogP contribution in [0.1, 0.15) is 30.6 Å². The molecule has 0 aliphatic heterocycles. The molecule has 1 heterocycles. The van der Waals surface area contributed by atoms with Gasteiger partial charge in [0.25, 0.3) is 0 Å². The second kappa shape index (κ2) is 6.54. The number of hydrogen-bond acceptors (Lipinski definition) is 3. The number of carboxylic acid groups (broad SMARTS) is 1. The zero-order chi connectivity index (χ0) is 15.4. The van der Waals surface area contributed by atoms with Gasteiger partial charge in [-0.1, -0.05) is 44.2 Å². The van der Waals surface area contributed by atoms with E-state index in [0.29, 0.717) is 17.0 Å².